The number of methoxy groups -OCH3 is 1. The van der Waals surface area contributed by atoms with Crippen molar-refractivity contribution in [3.8, 4) is 5.75 Å². The first-order chi connectivity index (χ1) is 9.02. The Morgan fingerprint density at radius 1 is 1.21 bits per heavy atom. The maximum Gasteiger partial charge on any atom is 0.165 e. The SMILES string of the molecule is COc1ccc(C(N)c2ccc(Br)cc2C)cc1F. The lowest BCUT2D eigenvalue weighted by Crippen LogP contribution is -2.13. The average molecular weight is 324 g/mol. The van der Waals surface area contributed by atoms with Crippen LogP contribution in [0.15, 0.2) is 40.9 Å². The summed E-state index contributed by atoms with van der Waals surface area (Å²) in [7, 11) is 1.44. The number of hydrogen-bond donors (Lipinski definition) is 1. The molecule has 0 amide bonds. The Kier molecular flexibility index (Phi) is 4.22. The van der Waals surface area contributed by atoms with E-state index in [1.807, 2.05) is 25.1 Å². The Bertz CT molecular complexity index is 601. The second kappa shape index (κ2) is 5.72. The zero-order valence-electron chi connectivity index (χ0n) is 10.8. The van der Waals surface area contributed by atoms with Crippen LogP contribution in [0, 0.1) is 12.7 Å². The van der Waals surface area contributed by atoms with Gasteiger partial charge in [-0.2, -0.15) is 0 Å². The van der Waals surface area contributed by atoms with Crippen molar-refractivity contribution in [2.24, 2.45) is 5.73 Å². The molecular weight excluding hydrogens is 309 g/mol. The zero-order chi connectivity index (χ0) is 14.0. The van der Waals surface area contributed by atoms with E-state index in [0.29, 0.717) is 0 Å². The molecule has 4 heteroatoms. The van der Waals surface area contributed by atoms with Crippen molar-refractivity contribution in [2.75, 3.05) is 7.11 Å². The quantitative estimate of drug-likeness (QED) is 0.928. The summed E-state index contributed by atoms with van der Waals surface area (Å²) in [6, 6.07) is 10.3. The standard InChI is InChI=1S/C15H15BrFNO/c1-9-7-11(16)4-5-12(9)15(18)10-3-6-14(19-2)13(17)8-10/h3-8,15H,18H2,1-2H3. The van der Waals surface area contributed by atoms with Gasteiger partial charge >= 0.3 is 0 Å². The van der Waals surface area contributed by atoms with Gasteiger partial charge in [-0.25, -0.2) is 4.39 Å². The number of hydrogen-bond acceptors (Lipinski definition) is 2. The molecule has 2 rings (SSSR count). The molecule has 1 atom stereocenters. The fourth-order valence-electron chi connectivity index (χ4n) is 2.04. The largest absolute Gasteiger partial charge is 0.494 e. The first-order valence-electron chi connectivity index (χ1n) is 5.88. The van der Waals surface area contributed by atoms with Crippen LogP contribution >= 0.6 is 15.9 Å². The van der Waals surface area contributed by atoms with Gasteiger partial charge in [-0.1, -0.05) is 28.1 Å². The number of ether oxygens (including phenoxy) is 1. The summed E-state index contributed by atoms with van der Waals surface area (Å²) in [6.45, 7) is 1.99. The molecule has 0 radical (unpaired) electrons. The molecule has 19 heavy (non-hydrogen) atoms. The summed E-state index contributed by atoms with van der Waals surface area (Å²) < 4.78 is 19.6. The Morgan fingerprint density at radius 2 is 1.95 bits per heavy atom. The Morgan fingerprint density at radius 3 is 2.53 bits per heavy atom. The first-order valence-corrected chi connectivity index (χ1v) is 6.67. The van der Waals surface area contributed by atoms with Gasteiger partial charge in [-0.05, 0) is 47.9 Å². The van der Waals surface area contributed by atoms with E-state index in [2.05, 4.69) is 15.9 Å². The molecule has 0 heterocycles. The second-order valence-electron chi connectivity index (χ2n) is 4.37. The molecule has 0 fully saturated rings. The minimum absolute atomic E-state index is 0.225. The maximum atomic E-state index is 13.7. The van der Waals surface area contributed by atoms with E-state index >= 15 is 0 Å². The van der Waals surface area contributed by atoms with Gasteiger partial charge < -0.3 is 10.5 Å². The van der Waals surface area contributed by atoms with Gasteiger partial charge in [0.25, 0.3) is 0 Å². The third-order valence-corrected chi connectivity index (χ3v) is 3.60. The number of rotatable bonds is 3. The monoisotopic (exact) mass is 323 g/mol. The molecule has 2 aromatic rings. The summed E-state index contributed by atoms with van der Waals surface area (Å²) >= 11 is 3.41. The van der Waals surface area contributed by atoms with E-state index in [0.717, 1.165) is 21.2 Å². The topological polar surface area (TPSA) is 35.2 Å². The second-order valence-corrected chi connectivity index (χ2v) is 5.29. The zero-order valence-corrected chi connectivity index (χ0v) is 12.4. The minimum atomic E-state index is -0.398. The van der Waals surface area contributed by atoms with Crippen molar-refractivity contribution < 1.29 is 9.13 Å². The number of benzene rings is 2. The van der Waals surface area contributed by atoms with Gasteiger partial charge in [0.05, 0.1) is 13.2 Å². The van der Waals surface area contributed by atoms with E-state index in [-0.39, 0.29) is 11.8 Å². The van der Waals surface area contributed by atoms with Crippen LogP contribution in [0.1, 0.15) is 22.7 Å². The van der Waals surface area contributed by atoms with Gasteiger partial charge in [0.15, 0.2) is 11.6 Å². The lowest BCUT2D eigenvalue weighted by molar-refractivity contribution is 0.386. The number of nitrogens with two attached hydrogens (primary N) is 1. The summed E-state index contributed by atoms with van der Waals surface area (Å²) in [5, 5.41) is 0. The molecule has 0 bridgehead atoms. The highest BCUT2D eigenvalue weighted by atomic mass is 79.9. The van der Waals surface area contributed by atoms with Crippen LogP contribution in [-0.4, -0.2) is 7.11 Å². The van der Waals surface area contributed by atoms with Crippen molar-refractivity contribution in [1.29, 1.82) is 0 Å². The molecule has 2 nitrogen and oxygen atoms in total. The molecule has 2 N–H and O–H groups in total. The fourth-order valence-corrected chi connectivity index (χ4v) is 2.52. The molecule has 100 valence electrons. The van der Waals surface area contributed by atoms with E-state index < -0.39 is 5.82 Å². The number of aryl methyl sites for hydroxylation is 1. The maximum absolute atomic E-state index is 13.7. The molecule has 2 aromatic carbocycles. The molecule has 0 saturated heterocycles. The van der Waals surface area contributed by atoms with Crippen molar-refractivity contribution in [3.05, 3.63) is 63.4 Å². The lowest BCUT2D eigenvalue weighted by Gasteiger charge is -2.16. The molecule has 0 saturated carbocycles. The molecule has 0 aromatic heterocycles. The molecular formula is C15H15BrFNO. The molecule has 0 spiro atoms. The smallest absolute Gasteiger partial charge is 0.165 e. The minimum Gasteiger partial charge on any atom is -0.494 e. The number of halogens is 2. The third-order valence-electron chi connectivity index (χ3n) is 3.10. The van der Waals surface area contributed by atoms with Crippen molar-refractivity contribution in [2.45, 2.75) is 13.0 Å². The highest BCUT2D eigenvalue weighted by Crippen LogP contribution is 2.27. The predicted octanol–water partition coefficient (Wildman–Crippen LogP) is 3.95. The molecule has 0 aliphatic heterocycles. The average Bonchev–Trinajstić information content (AvgIpc) is 2.38. The molecule has 1 unspecified atom stereocenters. The van der Waals surface area contributed by atoms with Crippen molar-refractivity contribution in [1.82, 2.24) is 0 Å². The van der Waals surface area contributed by atoms with Crippen LogP contribution in [0.5, 0.6) is 5.75 Å². The van der Waals surface area contributed by atoms with Gasteiger partial charge in [0.2, 0.25) is 0 Å². The van der Waals surface area contributed by atoms with Crippen LogP contribution in [0.4, 0.5) is 4.39 Å². The van der Waals surface area contributed by atoms with Crippen molar-refractivity contribution >= 4 is 15.9 Å². The Hall–Kier alpha value is -1.39. The van der Waals surface area contributed by atoms with Gasteiger partial charge in [0, 0.05) is 4.47 Å². The fraction of sp³-hybridized carbons (Fsp3) is 0.200. The van der Waals surface area contributed by atoms with E-state index in [4.69, 9.17) is 10.5 Å². The van der Waals surface area contributed by atoms with Crippen LogP contribution in [0.3, 0.4) is 0 Å². The summed E-state index contributed by atoms with van der Waals surface area (Å²) in [5.74, 6) is -0.173. The van der Waals surface area contributed by atoms with E-state index in [9.17, 15) is 4.39 Å². The normalized spacial score (nSPS) is 12.3. The molecule has 0 aliphatic rings. The summed E-state index contributed by atoms with van der Waals surface area (Å²) in [5.41, 5.74) is 8.98. The molecule has 0 aliphatic carbocycles. The Labute approximate surface area is 120 Å². The van der Waals surface area contributed by atoms with Crippen LogP contribution < -0.4 is 10.5 Å². The highest BCUT2D eigenvalue weighted by Gasteiger charge is 2.14. The third kappa shape index (κ3) is 2.96. The van der Waals surface area contributed by atoms with Crippen LogP contribution in [-0.2, 0) is 0 Å². The predicted molar refractivity (Wildman–Crippen MR) is 77.9 cm³/mol. The first kappa shape index (κ1) is 14.0. The van der Waals surface area contributed by atoms with E-state index in [1.165, 1.54) is 13.2 Å². The van der Waals surface area contributed by atoms with Crippen molar-refractivity contribution in [3.63, 3.8) is 0 Å². The highest BCUT2D eigenvalue weighted by molar-refractivity contribution is 9.10. The van der Waals surface area contributed by atoms with Gasteiger partial charge in [0.1, 0.15) is 0 Å². The van der Waals surface area contributed by atoms with Gasteiger partial charge in [-0.15, -0.1) is 0 Å². The Balaban J connectivity index is 2.38. The van der Waals surface area contributed by atoms with Crippen LogP contribution in [0.25, 0.3) is 0 Å². The lowest BCUT2D eigenvalue weighted by atomic mass is 9.96. The van der Waals surface area contributed by atoms with E-state index in [1.54, 1.807) is 12.1 Å². The van der Waals surface area contributed by atoms with Crippen LogP contribution in [0.2, 0.25) is 0 Å². The summed E-state index contributed by atoms with van der Waals surface area (Å²) in [4.78, 5) is 0. The van der Waals surface area contributed by atoms with Gasteiger partial charge in [-0.3, -0.25) is 0 Å². The summed E-state index contributed by atoms with van der Waals surface area (Å²) in [6.07, 6.45) is 0.